The Kier molecular flexibility index (Phi) is 4.07. The monoisotopic (exact) mass is 307 g/mol. The van der Waals surface area contributed by atoms with E-state index in [2.05, 4.69) is 9.97 Å². The first-order valence-electron chi connectivity index (χ1n) is 6.95. The van der Waals surface area contributed by atoms with Crippen molar-refractivity contribution in [2.45, 2.75) is 6.61 Å². The molecule has 3 rings (SSSR count). The molecular weight excluding hydrogens is 294 g/mol. The average Bonchev–Trinajstić information content (AvgIpc) is 2.62. The maximum absolute atomic E-state index is 10.8. The van der Waals surface area contributed by atoms with Gasteiger partial charge in [0, 0.05) is 23.9 Å². The van der Waals surface area contributed by atoms with Gasteiger partial charge in [-0.3, -0.25) is 15.1 Å². The minimum Gasteiger partial charge on any atom is -0.390 e. The molecule has 2 heterocycles. The molecule has 0 aliphatic carbocycles. The lowest BCUT2D eigenvalue weighted by atomic mass is 10.1. The second-order valence-corrected chi connectivity index (χ2v) is 4.91. The van der Waals surface area contributed by atoms with Gasteiger partial charge in [0.2, 0.25) is 0 Å². The van der Waals surface area contributed by atoms with Crippen molar-refractivity contribution in [3.05, 3.63) is 76.6 Å². The van der Waals surface area contributed by atoms with Gasteiger partial charge < -0.3 is 5.11 Å². The zero-order valence-electron chi connectivity index (χ0n) is 12.1. The largest absolute Gasteiger partial charge is 0.390 e. The summed E-state index contributed by atoms with van der Waals surface area (Å²) in [6.45, 7) is -0.125. The first-order valence-corrected chi connectivity index (χ1v) is 6.95. The fourth-order valence-corrected chi connectivity index (χ4v) is 2.23. The van der Waals surface area contributed by atoms with Gasteiger partial charge in [-0.25, -0.2) is 4.98 Å². The number of aliphatic hydroxyl groups is 1. The third-order valence-corrected chi connectivity index (χ3v) is 3.38. The van der Waals surface area contributed by atoms with Crippen LogP contribution in [0.15, 0.2) is 60.8 Å². The van der Waals surface area contributed by atoms with E-state index in [0.717, 1.165) is 11.1 Å². The van der Waals surface area contributed by atoms with E-state index in [9.17, 15) is 10.1 Å². The van der Waals surface area contributed by atoms with Crippen LogP contribution in [0.4, 0.5) is 5.69 Å². The molecule has 6 nitrogen and oxygen atoms in total. The van der Waals surface area contributed by atoms with Gasteiger partial charge in [0.25, 0.3) is 5.69 Å². The highest BCUT2D eigenvalue weighted by Crippen LogP contribution is 2.25. The summed E-state index contributed by atoms with van der Waals surface area (Å²) < 4.78 is 0. The molecule has 23 heavy (non-hydrogen) atoms. The summed E-state index contributed by atoms with van der Waals surface area (Å²) in [4.78, 5) is 19.1. The Morgan fingerprint density at radius 2 is 1.83 bits per heavy atom. The SMILES string of the molecule is O=[N+]([O-])c1cccc(-c2ccc(-c3cccc(CO)n3)nc2)c1. The van der Waals surface area contributed by atoms with E-state index in [1.807, 2.05) is 18.2 Å². The second-order valence-electron chi connectivity index (χ2n) is 4.91. The molecule has 6 heteroatoms. The number of nitrogens with zero attached hydrogens (tertiary/aromatic N) is 3. The Morgan fingerprint density at radius 3 is 2.52 bits per heavy atom. The summed E-state index contributed by atoms with van der Waals surface area (Å²) >= 11 is 0. The van der Waals surface area contributed by atoms with Gasteiger partial charge >= 0.3 is 0 Å². The molecule has 0 fully saturated rings. The van der Waals surface area contributed by atoms with Crippen LogP contribution < -0.4 is 0 Å². The Bertz CT molecular complexity index is 848. The molecule has 0 saturated heterocycles. The van der Waals surface area contributed by atoms with Crippen LogP contribution in [0.3, 0.4) is 0 Å². The molecule has 0 aliphatic rings. The van der Waals surface area contributed by atoms with Crippen molar-refractivity contribution >= 4 is 5.69 Å². The summed E-state index contributed by atoms with van der Waals surface area (Å²) in [7, 11) is 0. The highest BCUT2D eigenvalue weighted by molar-refractivity contribution is 5.67. The van der Waals surface area contributed by atoms with Crippen molar-refractivity contribution < 1.29 is 10.0 Å². The van der Waals surface area contributed by atoms with E-state index in [-0.39, 0.29) is 12.3 Å². The number of rotatable bonds is 4. The molecule has 0 atom stereocenters. The summed E-state index contributed by atoms with van der Waals surface area (Å²) in [5.41, 5.74) is 3.48. The first-order chi connectivity index (χ1) is 11.2. The van der Waals surface area contributed by atoms with Gasteiger partial charge in [0.15, 0.2) is 0 Å². The standard InChI is InChI=1S/C17H13N3O3/c21-11-14-4-2-6-17(19-14)16-8-7-13(10-18-16)12-3-1-5-15(9-12)20(22)23/h1-10,21H,11H2. The molecule has 1 aromatic carbocycles. The van der Waals surface area contributed by atoms with Gasteiger partial charge in [0.1, 0.15) is 0 Å². The molecule has 2 aromatic heterocycles. The molecule has 3 aromatic rings. The molecule has 0 radical (unpaired) electrons. The lowest BCUT2D eigenvalue weighted by molar-refractivity contribution is -0.384. The fourth-order valence-electron chi connectivity index (χ4n) is 2.23. The summed E-state index contributed by atoms with van der Waals surface area (Å²) in [5.74, 6) is 0. The topological polar surface area (TPSA) is 89.2 Å². The van der Waals surface area contributed by atoms with E-state index < -0.39 is 4.92 Å². The quantitative estimate of drug-likeness (QED) is 0.590. The smallest absolute Gasteiger partial charge is 0.270 e. The maximum Gasteiger partial charge on any atom is 0.270 e. The molecule has 0 amide bonds. The number of non-ortho nitro benzene ring substituents is 1. The maximum atomic E-state index is 10.8. The Morgan fingerprint density at radius 1 is 1.00 bits per heavy atom. The van der Waals surface area contributed by atoms with E-state index in [0.29, 0.717) is 17.1 Å². The van der Waals surface area contributed by atoms with Gasteiger partial charge in [-0.05, 0) is 23.8 Å². The van der Waals surface area contributed by atoms with Crippen LogP contribution in [0.2, 0.25) is 0 Å². The van der Waals surface area contributed by atoms with E-state index >= 15 is 0 Å². The highest BCUT2D eigenvalue weighted by Gasteiger charge is 2.08. The molecule has 0 aliphatic heterocycles. The van der Waals surface area contributed by atoms with Crippen molar-refractivity contribution in [1.29, 1.82) is 0 Å². The van der Waals surface area contributed by atoms with Crippen molar-refractivity contribution in [2.75, 3.05) is 0 Å². The minimum absolute atomic E-state index is 0.0453. The zero-order chi connectivity index (χ0) is 16.2. The predicted octanol–water partition coefficient (Wildman–Crippen LogP) is 3.21. The molecule has 0 spiro atoms. The Hall–Kier alpha value is -3.12. The Balaban J connectivity index is 1.93. The number of nitro benzene ring substituents is 1. The predicted molar refractivity (Wildman–Crippen MR) is 85.5 cm³/mol. The number of aromatic nitrogens is 2. The van der Waals surface area contributed by atoms with Crippen LogP contribution in [-0.4, -0.2) is 20.0 Å². The number of nitro groups is 1. The molecule has 1 N–H and O–H groups in total. The van der Waals surface area contributed by atoms with Crippen molar-refractivity contribution in [3.63, 3.8) is 0 Å². The van der Waals surface area contributed by atoms with Gasteiger partial charge in [0.05, 0.1) is 28.6 Å². The lowest BCUT2D eigenvalue weighted by Crippen LogP contribution is -1.93. The average molecular weight is 307 g/mol. The van der Waals surface area contributed by atoms with E-state index in [1.54, 1.807) is 30.5 Å². The van der Waals surface area contributed by atoms with Gasteiger partial charge in [-0.1, -0.05) is 24.3 Å². The fraction of sp³-hybridized carbons (Fsp3) is 0.0588. The first kappa shape index (κ1) is 14.8. The zero-order valence-corrected chi connectivity index (χ0v) is 12.1. The molecular formula is C17H13N3O3. The molecule has 0 bridgehead atoms. The van der Waals surface area contributed by atoms with Crippen molar-refractivity contribution in [2.24, 2.45) is 0 Å². The highest BCUT2D eigenvalue weighted by atomic mass is 16.6. The normalized spacial score (nSPS) is 10.5. The minimum atomic E-state index is -0.421. The second kappa shape index (κ2) is 6.33. The summed E-state index contributed by atoms with van der Waals surface area (Å²) in [6, 6.07) is 15.4. The van der Waals surface area contributed by atoms with Gasteiger partial charge in [-0.15, -0.1) is 0 Å². The third-order valence-electron chi connectivity index (χ3n) is 3.38. The number of aliphatic hydroxyl groups excluding tert-OH is 1. The van der Waals surface area contributed by atoms with E-state index in [4.69, 9.17) is 5.11 Å². The number of pyridine rings is 2. The van der Waals surface area contributed by atoms with Crippen LogP contribution in [-0.2, 0) is 6.61 Å². The number of hydrogen-bond acceptors (Lipinski definition) is 5. The molecule has 114 valence electrons. The van der Waals surface area contributed by atoms with Gasteiger partial charge in [-0.2, -0.15) is 0 Å². The molecule has 0 unspecified atom stereocenters. The van der Waals surface area contributed by atoms with Crippen LogP contribution in [0.1, 0.15) is 5.69 Å². The molecule has 0 saturated carbocycles. The van der Waals surface area contributed by atoms with Crippen molar-refractivity contribution in [3.8, 4) is 22.5 Å². The summed E-state index contributed by atoms with van der Waals surface area (Å²) in [6.07, 6.45) is 1.65. The lowest BCUT2D eigenvalue weighted by Gasteiger charge is -2.05. The Labute approximate surface area is 132 Å². The van der Waals surface area contributed by atoms with Crippen LogP contribution in [0.25, 0.3) is 22.5 Å². The van der Waals surface area contributed by atoms with Crippen LogP contribution in [0, 0.1) is 10.1 Å². The van der Waals surface area contributed by atoms with Crippen LogP contribution in [0.5, 0.6) is 0 Å². The summed E-state index contributed by atoms with van der Waals surface area (Å²) in [5, 5.41) is 20.0. The van der Waals surface area contributed by atoms with E-state index in [1.165, 1.54) is 12.1 Å². The third kappa shape index (κ3) is 3.22. The van der Waals surface area contributed by atoms with Crippen LogP contribution >= 0.6 is 0 Å². The number of benzene rings is 1. The van der Waals surface area contributed by atoms with Crippen molar-refractivity contribution in [1.82, 2.24) is 9.97 Å². The number of hydrogen-bond donors (Lipinski definition) is 1.